The molecule has 0 radical (unpaired) electrons. The lowest BCUT2D eigenvalue weighted by Gasteiger charge is -2.10. The second-order valence-electron chi connectivity index (χ2n) is 4.29. The van der Waals surface area contributed by atoms with Gasteiger partial charge in [-0.05, 0) is 37.0 Å². The lowest BCUT2D eigenvalue weighted by atomic mass is 10.1. The van der Waals surface area contributed by atoms with E-state index in [1.165, 1.54) is 6.07 Å². The van der Waals surface area contributed by atoms with E-state index in [0.717, 1.165) is 18.4 Å². The van der Waals surface area contributed by atoms with Gasteiger partial charge >= 0.3 is 0 Å². The molecule has 0 spiro atoms. The summed E-state index contributed by atoms with van der Waals surface area (Å²) in [6, 6.07) is 4.58. The van der Waals surface area contributed by atoms with Crippen molar-refractivity contribution < 1.29 is 13.9 Å². The summed E-state index contributed by atoms with van der Waals surface area (Å²) in [6.45, 7) is 1.16. The van der Waals surface area contributed by atoms with Crippen molar-refractivity contribution in [3.63, 3.8) is 0 Å². The second kappa shape index (κ2) is 6.16. The van der Waals surface area contributed by atoms with E-state index in [0.29, 0.717) is 19.6 Å². The minimum atomic E-state index is -0.427. The van der Waals surface area contributed by atoms with E-state index in [4.69, 9.17) is 16.3 Å². The number of nitrogens with one attached hydrogen (secondary N) is 1. The lowest BCUT2D eigenvalue weighted by Crippen LogP contribution is -2.35. The summed E-state index contributed by atoms with van der Waals surface area (Å²) in [5.74, 6) is -0.496. The van der Waals surface area contributed by atoms with Crippen LogP contribution in [-0.2, 0) is 16.0 Å². The van der Waals surface area contributed by atoms with E-state index < -0.39 is 5.82 Å². The van der Waals surface area contributed by atoms with Crippen molar-refractivity contribution in [1.29, 1.82) is 0 Å². The molecular formula is C13H15ClFNO2. The van der Waals surface area contributed by atoms with E-state index in [2.05, 4.69) is 5.32 Å². The van der Waals surface area contributed by atoms with Gasteiger partial charge in [-0.1, -0.05) is 17.7 Å². The Morgan fingerprint density at radius 2 is 2.39 bits per heavy atom. The smallest absolute Gasteiger partial charge is 0.249 e. The number of hydrogen-bond acceptors (Lipinski definition) is 2. The Morgan fingerprint density at radius 3 is 3.06 bits per heavy atom. The molecule has 1 saturated heterocycles. The van der Waals surface area contributed by atoms with Gasteiger partial charge in [-0.25, -0.2) is 4.39 Å². The van der Waals surface area contributed by atoms with Crippen molar-refractivity contribution >= 4 is 17.5 Å². The van der Waals surface area contributed by atoms with Crippen LogP contribution in [0.1, 0.15) is 18.4 Å². The van der Waals surface area contributed by atoms with Crippen molar-refractivity contribution in [3.8, 4) is 0 Å². The summed E-state index contributed by atoms with van der Waals surface area (Å²) < 4.78 is 18.2. The number of amides is 1. The van der Waals surface area contributed by atoms with Crippen molar-refractivity contribution in [2.45, 2.75) is 25.4 Å². The highest BCUT2D eigenvalue weighted by molar-refractivity contribution is 6.30. The molecule has 0 aliphatic carbocycles. The lowest BCUT2D eigenvalue weighted by molar-refractivity contribution is -0.129. The monoisotopic (exact) mass is 271 g/mol. The molecule has 0 aromatic heterocycles. The summed E-state index contributed by atoms with van der Waals surface area (Å²) in [6.07, 6.45) is 2.04. The fourth-order valence-corrected chi connectivity index (χ4v) is 2.13. The Bertz CT molecular complexity index is 433. The number of carbonyl (C=O) groups is 1. The third-order valence-corrected chi connectivity index (χ3v) is 3.21. The van der Waals surface area contributed by atoms with Gasteiger partial charge in [0, 0.05) is 13.2 Å². The third kappa shape index (κ3) is 3.43. The molecule has 1 fully saturated rings. The highest BCUT2D eigenvalue weighted by atomic mass is 35.5. The van der Waals surface area contributed by atoms with E-state index in [9.17, 15) is 9.18 Å². The van der Waals surface area contributed by atoms with Crippen LogP contribution in [0, 0.1) is 5.82 Å². The van der Waals surface area contributed by atoms with Crippen LogP contribution >= 0.6 is 11.6 Å². The minimum Gasteiger partial charge on any atom is -0.368 e. The first-order chi connectivity index (χ1) is 8.66. The quantitative estimate of drug-likeness (QED) is 0.913. The van der Waals surface area contributed by atoms with Gasteiger partial charge in [-0.3, -0.25) is 4.79 Å². The van der Waals surface area contributed by atoms with E-state index in [1.54, 1.807) is 12.1 Å². The topological polar surface area (TPSA) is 38.3 Å². The first-order valence-corrected chi connectivity index (χ1v) is 6.38. The Hall–Kier alpha value is -1.13. The van der Waals surface area contributed by atoms with Gasteiger partial charge < -0.3 is 10.1 Å². The maximum atomic E-state index is 12.9. The van der Waals surface area contributed by atoms with Crippen LogP contribution in [0.4, 0.5) is 4.39 Å². The maximum Gasteiger partial charge on any atom is 0.249 e. The molecule has 18 heavy (non-hydrogen) atoms. The standard InChI is InChI=1S/C13H15ClFNO2/c14-10-8-9(3-4-11(10)15)5-6-16-13(17)12-2-1-7-18-12/h3-4,8,12H,1-2,5-7H2,(H,16,17). The van der Waals surface area contributed by atoms with Crippen LogP contribution in [0.2, 0.25) is 5.02 Å². The fraction of sp³-hybridized carbons (Fsp3) is 0.462. The van der Waals surface area contributed by atoms with Gasteiger partial charge in [0.1, 0.15) is 11.9 Å². The number of ether oxygens (including phenoxy) is 1. The highest BCUT2D eigenvalue weighted by Crippen LogP contribution is 2.16. The number of halogens is 2. The number of carbonyl (C=O) groups excluding carboxylic acids is 1. The zero-order valence-electron chi connectivity index (χ0n) is 9.92. The van der Waals surface area contributed by atoms with Gasteiger partial charge in [0.25, 0.3) is 0 Å². The summed E-state index contributed by atoms with van der Waals surface area (Å²) in [5, 5.41) is 2.92. The van der Waals surface area contributed by atoms with Crippen LogP contribution in [0.15, 0.2) is 18.2 Å². The Kier molecular flexibility index (Phi) is 4.55. The predicted octanol–water partition coefficient (Wildman–Crippen LogP) is 2.32. The molecular weight excluding hydrogens is 257 g/mol. The second-order valence-corrected chi connectivity index (χ2v) is 4.70. The Morgan fingerprint density at radius 1 is 1.56 bits per heavy atom. The SMILES string of the molecule is O=C(NCCc1ccc(F)c(Cl)c1)C1CCCO1. The summed E-state index contributed by atoms with van der Waals surface area (Å²) in [7, 11) is 0. The first-order valence-electron chi connectivity index (χ1n) is 6.00. The van der Waals surface area contributed by atoms with E-state index in [1.807, 2.05) is 0 Å². The molecule has 3 nitrogen and oxygen atoms in total. The zero-order chi connectivity index (χ0) is 13.0. The molecule has 1 N–H and O–H groups in total. The molecule has 0 bridgehead atoms. The van der Waals surface area contributed by atoms with Crippen molar-refractivity contribution in [3.05, 3.63) is 34.6 Å². The maximum absolute atomic E-state index is 12.9. The molecule has 2 rings (SSSR count). The molecule has 1 aromatic rings. The van der Waals surface area contributed by atoms with Crippen molar-refractivity contribution in [1.82, 2.24) is 5.32 Å². The zero-order valence-corrected chi connectivity index (χ0v) is 10.7. The Balaban J connectivity index is 1.77. The molecule has 5 heteroatoms. The molecule has 1 amide bonds. The van der Waals surface area contributed by atoms with Crippen LogP contribution < -0.4 is 5.32 Å². The molecule has 1 aliphatic heterocycles. The van der Waals surface area contributed by atoms with Crippen molar-refractivity contribution in [2.75, 3.05) is 13.2 Å². The predicted molar refractivity (Wildman–Crippen MR) is 67.1 cm³/mol. The summed E-state index contributed by atoms with van der Waals surface area (Å²) >= 11 is 5.68. The average Bonchev–Trinajstić information content (AvgIpc) is 2.87. The van der Waals surface area contributed by atoms with Crippen LogP contribution in [0.25, 0.3) is 0 Å². The molecule has 0 saturated carbocycles. The normalized spacial score (nSPS) is 18.9. The molecule has 1 unspecified atom stereocenters. The van der Waals surface area contributed by atoms with Gasteiger partial charge in [-0.15, -0.1) is 0 Å². The summed E-state index contributed by atoms with van der Waals surface area (Å²) in [4.78, 5) is 11.6. The molecule has 1 atom stereocenters. The summed E-state index contributed by atoms with van der Waals surface area (Å²) in [5.41, 5.74) is 0.897. The highest BCUT2D eigenvalue weighted by Gasteiger charge is 2.22. The van der Waals surface area contributed by atoms with Crippen LogP contribution in [0.3, 0.4) is 0 Å². The number of rotatable bonds is 4. The van der Waals surface area contributed by atoms with E-state index in [-0.39, 0.29) is 17.0 Å². The molecule has 1 heterocycles. The largest absolute Gasteiger partial charge is 0.368 e. The van der Waals surface area contributed by atoms with Gasteiger partial charge in [0.15, 0.2) is 0 Å². The number of benzene rings is 1. The van der Waals surface area contributed by atoms with Crippen LogP contribution in [-0.4, -0.2) is 25.2 Å². The third-order valence-electron chi connectivity index (χ3n) is 2.92. The van der Waals surface area contributed by atoms with Crippen LogP contribution in [0.5, 0.6) is 0 Å². The van der Waals surface area contributed by atoms with E-state index >= 15 is 0 Å². The van der Waals surface area contributed by atoms with Crippen molar-refractivity contribution in [2.24, 2.45) is 0 Å². The first kappa shape index (κ1) is 13.3. The minimum absolute atomic E-state index is 0.0688. The van der Waals surface area contributed by atoms with Gasteiger partial charge in [0.05, 0.1) is 5.02 Å². The molecule has 1 aliphatic rings. The average molecular weight is 272 g/mol. The Labute approximate surface area is 110 Å². The van der Waals surface area contributed by atoms with Gasteiger partial charge in [0.2, 0.25) is 5.91 Å². The fourth-order valence-electron chi connectivity index (χ4n) is 1.92. The van der Waals surface area contributed by atoms with Gasteiger partial charge in [-0.2, -0.15) is 0 Å². The molecule has 1 aromatic carbocycles. The number of hydrogen-bond donors (Lipinski definition) is 1. The molecule has 98 valence electrons.